The Hall–Kier alpha value is -1.88. The van der Waals surface area contributed by atoms with Gasteiger partial charge in [-0.05, 0) is 25.5 Å². The van der Waals surface area contributed by atoms with Crippen LogP contribution in [0.25, 0.3) is 0 Å². The lowest BCUT2D eigenvalue weighted by atomic mass is 10.1. The van der Waals surface area contributed by atoms with Crippen molar-refractivity contribution >= 4 is 11.8 Å². The molecule has 2 rings (SSSR count). The van der Waals surface area contributed by atoms with Crippen molar-refractivity contribution in [1.82, 2.24) is 10.2 Å². The van der Waals surface area contributed by atoms with E-state index in [4.69, 9.17) is 5.11 Å². The van der Waals surface area contributed by atoms with Gasteiger partial charge in [0.05, 0.1) is 12.1 Å². The van der Waals surface area contributed by atoms with Gasteiger partial charge >= 0.3 is 0 Å². The Morgan fingerprint density at radius 3 is 2.74 bits per heavy atom. The number of carbonyl (C=O) groups excluding carboxylic acids is 2. The summed E-state index contributed by atoms with van der Waals surface area (Å²) in [6.07, 6.45) is 0. The Labute approximate surface area is 112 Å². The minimum absolute atomic E-state index is 0.0109. The van der Waals surface area contributed by atoms with E-state index in [0.717, 1.165) is 5.56 Å². The monoisotopic (exact) mass is 262 g/mol. The van der Waals surface area contributed by atoms with Crippen molar-refractivity contribution in [3.63, 3.8) is 0 Å². The number of fused-ring (bicyclic) bond motifs is 1. The highest BCUT2D eigenvalue weighted by Gasteiger charge is 2.29. The summed E-state index contributed by atoms with van der Waals surface area (Å²) in [4.78, 5) is 25.4. The van der Waals surface area contributed by atoms with Crippen LogP contribution in [-0.4, -0.2) is 40.5 Å². The number of aliphatic hydroxyl groups excluding tert-OH is 1. The minimum atomic E-state index is -0.674. The number of rotatable bonds is 4. The molecule has 0 aromatic heterocycles. The van der Waals surface area contributed by atoms with Crippen LogP contribution in [0.1, 0.15) is 29.8 Å². The largest absolute Gasteiger partial charge is 0.394 e. The van der Waals surface area contributed by atoms with Gasteiger partial charge in [0, 0.05) is 12.1 Å². The van der Waals surface area contributed by atoms with E-state index < -0.39 is 5.54 Å². The highest BCUT2D eigenvalue weighted by Crippen LogP contribution is 2.21. The van der Waals surface area contributed by atoms with E-state index in [0.29, 0.717) is 12.1 Å². The van der Waals surface area contributed by atoms with Gasteiger partial charge in [-0.1, -0.05) is 18.2 Å². The fourth-order valence-electron chi connectivity index (χ4n) is 2.07. The van der Waals surface area contributed by atoms with Crippen molar-refractivity contribution in [3.8, 4) is 0 Å². The number of carbonyl (C=O) groups is 2. The summed E-state index contributed by atoms with van der Waals surface area (Å²) in [6.45, 7) is 3.78. The quantitative estimate of drug-likeness (QED) is 0.831. The van der Waals surface area contributed by atoms with E-state index in [1.807, 2.05) is 18.2 Å². The fourth-order valence-corrected chi connectivity index (χ4v) is 2.07. The zero-order valence-electron chi connectivity index (χ0n) is 11.1. The molecule has 0 spiro atoms. The number of nitrogens with one attached hydrogen (secondary N) is 1. The summed E-state index contributed by atoms with van der Waals surface area (Å²) in [5.41, 5.74) is 0.936. The van der Waals surface area contributed by atoms with Gasteiger partial charge in [-0.2, -0.15) is 0 Å². The molecule has 5 nitrogen and oxygen atoms in total. The second-order valence-electron chi connectivity index (χ2n) is 5.41. The molecule has 0 bridgehead atoms. The Bertz CT molecular complexity index is 511. The van der Waals surface area contributed by atoms with Crippen LogP contribution >= 0.6 is 0 Å². The summed E-state index contributed by atoms with van der Waals surface area (Å²) in [5.74, 6) is -0.382. The van der Waals surface area contributed by atoms with Crippen LogP contribution < -0.4 is 5.32 Å². The molecule has 1 aromatic rings. The first-order valence-corrected chi connectivity index (χ1v) is 6.22. The zero-order valence-corrected chi connectivity index (χ0v) is 11.1. The van der Waals surface area contributed by atoms with Crippen LogP contribution in [0, 0.1) is 0 Å². The SMILES string of the molecule is CC(C)(CO)NC(=O)CN1Cc2ccccc2C1=O. The van der Waals surface area contributed by atoms with Gasteiger partial charge in [-0.15, -0.1) is 0 Å². The average molecular weight is 262 g/mol. The van der Waals surface area contributed by atoms with Gasteiger partial charge in [0.2, 0.25) is 5.91 Å². The maximum atomic E-state index is 12.1. The van der Waals surface area contributed by atoms with Gasteiger partial charge in [0.25, 0.3) is 5.91 Å². The predicted octanol–water partition coefficient (Wildman–Crippen LogP) is 0.529. The number of hydrogen-bond acceptors (Lipinski definition) is 3. The molecule has 19 heavy (non-hydrogen) atoms. The van der Waals surface area contributed by atoms with Crippen LogP contribution in [0.2, 0.25) is 0 Å². The summed E-state index contributed by atoms with van der Waals surface area (Å²) < 4.78 is 0. The molecule has 1 aliphatic heterocycles. The third kappa shape index (κ3) is 2.93. The molecule has 0 atom stereocenters. The van der Waals surface area contributed by atoms with Crippen molar-refractivity contribution in [2.75, 3.05) is 13.2 Å². The second kappa shape index (κ2) is 5.01. The van der Waals surface area contributed by atoms with E-state index in [2.05, 4.69) is 5.32 Å². The topological polar surface area (TPSA) is 69.6 Å². The van der Waals surface area contributed by atoms with E-state index in [9.17, 15) is 9.59 Å². The number of aliphatic hydroxyl groups is 1. The third-order valence-electron chi connectivity index (χ3n) is 3.10. The Morgan fingerprint density at radius 1 is 1.42 bits per heavy atom. The summed E-state index contributed by atoms with van der Waals surface area (Å²) in [5, 5.41) is 11.8. The Balaban J connectivity index is 2.00. The van der Waals surface area contributed by atoms with Crippen molar-refractivity contribution in [1.29, 1.82) is 0 Å². The lowest BCUT2D eigenvalue weighted by molar-refractivity contribution is -0.123. The molecule has 5 heteroatoms. The number of amides is 2. The van der Waals surface area contributed by atoms with Gasteiger partial charge in [0.1, 0.15) is 6.54 Å². The second-order valence-corrected chi connectivity index (χ2v) is 5.41. The molecule has 0 saturated carbocycles. The van der Waals surface area contributed by atoms with Crippen molar-refractivity contribution in [2.45, 2.75) is 25.9 Å². The van der Waals surface area contributed by atoms with Gasteiger partial charge in [-0.25, -0.2) is 0 Å². The van der Waals surface area contributed by atoms with Gasteiger partial charge in [0.15, 0.2) is 0 Å². The normalized spacial score (nSPS) is 14.5. The molecule has 2 N–H and O–H groups in total. The summed E-state index contributed by atoms with van der Waals surface area (Å²) in [6, 6.07) is 7.36. The Kier molecular flexibility index (Phi) is 3.57. The lowest BCUT2D eigenvalue weighted by Crippen LogP contribution is -2.49. The molecule has 1 aromatic carbocycles. The van der Waals surface area contributed by atoms with Crippen molar-refractivity contribution in [2.24, 2.45) is 0 Å². The molecule has 0 unspecified atom stereocenters. The molecule has 0 saturated heterocycles. The Morgan fingerprint density at radius 2 is 2.11 bits per heavy atom. The summed E-state index contributed by atoms with van der Waals surface area (Å²) >= 11 is 0. The molecular weight excluding hydrogens is 244 g/mol. The van der Waals surface area contributed by atoms with E-state index in [1.165, 1.54) is 4.90 Å². The van der Waals surface area contributed by atoms with Crippen molar-refractivity contribution in [3.05, 3.63) is 35.4 Å². The first-order chi connectivity index (χ1) is 8.93. The highest BCUT2D eigenvalue weighted by molar-refractivity contribution is 6.00. The minimum Gasteiger partial charge on any atom is -0.394 e. The van der Waals surface area contributed by atoms with Crippen LogP contribution in [0.3, 0.4) is 0 Å². The molecule has 1 heterocycles. The molecular formula is C14H18N2O3. The number of hydrogen-bond donors (Lipinski definition) is 2. The first kappa shape index (κ1) is 13.5. The van der Waals surface area contributed by atoms with E-state index in [1.54, 1.807) is 19.9 Å². The van der Waals surface area contributed by atoms with Gasteiger partial charge < -0.3 is 15.3 Å². The molecule has 0 aliphatic carbocycles. The van der Waals surface area contributed by atoms with Crippen molar-refractivity contribution < 1.29 is 14.7 Å². The number of benzene rings is 1. The average Bonchev–Trinajstić information content (AvgIpc) is 2.66. The maximum absolute atomic E-state index is 12.1. The highest BCUT2D eigenvalue weighted by atomic mass is 16.3. The van der Waals surface area contributed by atoms with Crippen LogP contribution in [0.4, 0.5) is 0 Å². The third-order valence-corrected chi connectivity index (χ3v) is 3.10. The smallest absolute Gasteiger partial charge is 0.254 e. The van der Waals surface area contributed by atoms with Crippen LogP contribution in [0.5, 0.6) is 0 Å². The molecule has 0 fully saturated rings. The predicted molar refractivity (Wildman–Crippen MR) is 70.5 cm³/mol. The maximum Gasteiger partial charge on any atom is 0.254 e. The van der Waals surface area contributed by atoms with Crippen LogP contribution in [-0.2, 0) is 11.3 Å². The summed E-state index contributed by atoms with van der Waals surface area (Å²) in [7, 11) is 0. The molecule has 1 aliphatic rings. The fraction of sp³-hybridized carbons (Fsp3) is 0.429. The van der Waals surface area contributed by atoms with Gasteiger partial charge in [-0.3, -0.25) is 9.59 Å². The first-order valence-electron chi connectivity index (χ1n) is 6.22. The number of nitrogens with zero attached hydrogens (tertiary/aromatic N) is 1. The standard InChI is InChI=1S/C14H18N2O3/c1-14(2,9-17)15-12(18)8-16-7-10-5-3-4-6-11(10)13(16)19/h3-6,17H,7-9H2,1-2H3,(H,15,18). The lowest BCUT2D eigenvalue weighted by Gasteiger charge is -2.25. The molecule has 2 amide bonds. The van der Waals surface area contributed by atoms with Crippen LogP contribution in [0.15, 0.2) is 24.3 Å². The van der Waals surface area contributed by atoms with E-state index >= 15 is 0 Å². The molecule has 102 valence electrons. The molecule has 0 radical (unpaired) electrons. The zero-order chi connectivity index (χ0) is 14.0. The van der Waals surface area contributed by atoms with E-state index in [-0.39, 0.29) is 25.0 Å².